The van der Waals surface area contributed by atoms with Crippen LogP contribution in [-0.2, 0) is 0 Å². The lowest BCUT2D eigenvalue weighted by molar-refractivity contribution is 1.01. The second-order valence-electron chi connectivity index (χ2n) is 3.81. The normalized spacial score (nSPS) is 10.7. The number of benzene rings is 1. The molecule has 0 aliphatic heterocycles. The number of aromatic nitrogens is 3. The van der Waals surface area contributed by atoms with E-state index in [1.165, 1.54) is 0 Å². The number of nitrogens with one attached hydrogen (secondary N) is 1. The first-order chi connectivity index (χ1) is 8.75. The Kier molecular flexibility index (Phi) is 2.57. The quantitative estimate of drug-likeness (QED) is 0.729. The van der Waals surface area contributed by atoms with Gasteiger partial charge in [-0.25, -0.2) is 5.10 Å². The van der Waals surface area contributed by atoms with Crippen molar-refractivity contribution < 1.29 is 0 Å². The predicted molar refractivity (Wildman–Crippen MR) is 70.6 cm³/mol. The van der Waals surface area contributed by atoms with Crippen molar-refractivity contribution >= 4 is 22.5 Å². The second-order valence-corrected chi connectivity index (χ2v) is 4.25. The summed E-state index contributed by atoms with van der Waals surface area (Å²) >= 11 is 5.96. The third-order valence-electron chi connectivity index (χ3n) is 2.64. The Morgan fingerprint density at radius 1 is 1.17 bits per heavy atom. The standard InChI is InChI=1S/C13H8ClN3O/c14-9-4-1-3-8(7-9)11-12-10(5-2-6-15-12)13(18)17-16-11/h1-7H,(H,17,18). The maximum Gasteiger partial charge on any atom is 0.273 e. The third-order valence-corrected chi connectivity index (χ3v) is 2.88. The lowest BCUT2D eigenvalue weighted by Gasteiger charge is -2.04. The van der Waals surface area contributed by atoms with Gasteiger partial charge in [-0.3, -0.25) is 9.78 Å². The molecular weight excluding hydrogens is 250 g/mol. The van der Waals surface area contributed by atoms with Gasteiger partial charge in [-0.15, -0.1) is 0 Å². The van der Waals surface area contributed by atoms with E-state index < -0.39 is 0 Å². The molecule has 0 bridgehead atoms. The average Bonchev–Trinajstić information content (AvgIpc) is 2.39. The predicted octanol–water partition coefficient (Wildman–Crippen LogP) is 2.64. The molecule has 0 atom stereocenters. The van der Waals surface area contributed by atoms with Gasteiger partial charge in [0.2, 0.25) is 0 Å². The van der Waals surface area contributed by atoms with Crippen molar-refractivity contribution in [3.63, 3.8) is 0 Å². The number of fused-ring (bicyclic) bond motifs is 1. The molecule has 3 aromatic rings. The summed E-state index contributed by atoms with van der Waals surface area (Å²) in [5.74, 6) is 0. The molecule has 0 aliphatic rings. The van der Waals surface area contributed by atoms with Crippen LogP contribution in [0.3, 0.4) is 0 Å². The first-order valence-corrected chi connectivity index (χ1v) is 5.73. The Balaban J connectivity index is 2.37. The van der Waals surface area contributed by atoms with Crippen molar-refractivity contribution in [3.8, 4) is 11.3 Å². The molecule has 2 aromatic heterocycles. The van der Waals surface area contributed by atoms with Gasteiger partial charge in [0.15, 0.2) is 0 Å². The Labute approximate surface area is 107 Å². The molecule has 1 aromatic carbocycles. The monoisotopic (exact) mass is 257 g/mol. The number of rotatable bonds is 1. The summed E-state index contributed by atoms with van der Waals surface area (Å²) in [4.78, 5) is 15.9. The van der Waals surface area contributed by atoms with E-state index in [-0.39, 0.29) is 5.56 Å². The van der Waals surface area contributed by atoms with Crippen LogP contribution in [0.2, 0.25) is 5.02 Å². The van der Waals surface area contributed by atoms with Crippen LogP contribution in [0.1, 0.15) is 0 Å². The molecule has 0 fully saturated rings. The van der Waals surface area contributed by atoms with Crippen LogP contribution in [0, 0.1) is 0 Å². The fourth-order valence-corrected chi connectivity index (χ4v) is 2.02. The molecule has 0 saturated heterocycles. The fraction of sp³-hybridized carbons (Fsp3) is 0. The summed E-state index contributed by atoms with van der Waals surface area (Å²) in [6.45, 7) is 0. The maximum atomic E-state index is 11.6. The van der Waals surface area contributed by atoms with E-state index in [2.05, 4.69) is 15.2 Å². The lowest BCUT2D eigenvalue weighted by atomic mass is 10.1. The largest absolute Gasteiger partial charge is 0.273 e. The van der Waals surface area contributed by atoms with Crippen molar-refractivity contribution in [1.29, 1.82) is 0 Å². The fourth-order valence-electron chi connectivity index (χ4n) is 1.83. The van der Waals surface area contributed by atoms with Crippen molar-refractivity contribution in [1.82, 2.24) is 15.2 Å². The second kappa shape index (κ2) is 4.23. The van der Waals surface area contributed by atoms with Crippen LogP contribution in [-0.4, -0.2) is 15.2 Å². The van der Waals surface area contributed by atoms with Gasteiger partial charge < -0.3 is 0 Å². The minimum Gasteiger partial charge on any atom is -0.267 e. The molecule has 0 amide bonds. The molecule has 0 radical (unpaired) electrons. The summed E-state index contributed by atoms with van der Waals surface area (Å²) in [6, 6.07) is 10.7. The van der Waals surface area contributed by atoms with Crippen molar-refractivity contribution in [2.24, 2.45) is 0 Å². The molecular formula is C13H8ClN3O. The molecule has 0 unspecified atom stereocenters. The summed E-state index contributed by atoms with van der Waals surface area (Å²) in [5.41, 5.74) is 1.77. The molecule has 4 nitrogen and oxygen atoms in total. The minimum absolute atomic E-state index is 0.246. The summed E-state index contributed by atoms with van der Waals surface area (Å²) in [7, 11) is 0. The topological polar surface area (TPSA) is 58.6 Å². The molecule has 2 heterocycles. The number of hydrogen-bond acceptors (Lipinski definition) is 3. The molecule has 1 N–H and O–H groups in total. The minimum atomic E-state index is -0.246. The Bertz CT molecular complexity index is 782. The van der Waals surface area contributed by atoms with Gasteiger partial charge in [-0.05, 0) is 24.3 Å². The van der Waals surface area contributed by atoms with Crippen molar-refractivity contribution in [2.45, 2.75) is 0 Å². The number of halogens is 1. The summed E-state index contributed by atoms with van der Waals surface area (Å²) in [6.07, 6.45) is 1.64. The van der Waals surface area contributed by atoms with Crippen molar-refractivity contribution in [2.75, 3.05) is 0 Å². The Morgan fingerprint density at radius 3 is 2.89 bits per heavy atom. The van der Waals surface area contributed by atoms with E-state index in [4.69, 9.17) is 11.6 Å². The molecule has 5 heteroatoms. The maximum absolute atomic E-state index is 11.6. The number of aromatic amines is 1. The number of nitrogens with zero attached hydrogens (tertiary/aromatic N) is 2. The first kappa shape index (κ1) is 10.9. The van der Waals surface area contributed by atoms with Crippen LogP contribution in [0.5, 0.6) is 0 Å². The highest BCUT2D eigenvalue weighted by Gasteiger charge is 2.09. The highest BCUT2D eigenvalue weighted by molar-refractivity contribution is 6.30. The molecule has 18 heavy (non-hydrogen) atoms. The van der Waals surface area contributed by atoms with E-state index >= 15 is 0 Å². The average molecular weight is 258 g/mol. The lowest BCUT2D eigenvalue weighted by Crippen LogP contribution is -2.10. The van der Waals surface area contributed by atoms with E-state index in [9.17, 15) is 4.79 Å². The van der Waals surface area contributed by atoms with E-state index in [1.807, 2.05) is 12.1 Å². The van der Waals surface area contributed by atoms with Crippen molar-refractivity contribution in [3.05, 3.63) is 58.0 Å². The SMILES string of the molecule is O=c1[nH]nc(-c2cccc(Cl)c2)c2ncccc12. The van der Waals surface area contributed by atoms with Gasteiger partial charge in [0.05, 0.1) is 5.39 Å². The highest BCUT2D eigenvalue weighted by Crippen LogP contribution is 2.24. The van der Waals surface area contributed by atoms with Crippen LogP contribution in [0.4, 0.5) is 0 Å². The van der Waals surface area contributed by atoms with Gasteiger partial charge in [-0.1, -0.05) is 23.7 Å². The molecule has 0 aliphatic carbocycles. The number of pyridine rings is 1. The Hall–Kier alpha value is -2.20. The van der Waals surface area contributed by atoms with Gasteiger partial charge in [0, 0.05) is 16.8 Å². The number of hydrogen-bond donors (Lipinski definition) is 1. The zero-order chi connectivity index (χ0) is 12.5. The van der Waals surface area contributed by atoms with Crippen LogP contribution >= 0.6 is 11.6 Å². The smallest absolute Gasteiger partial charge is 0.267 e. The van der Waals surface area contributed by atoms with E-state index in [0.29, 0.717) is 21.6 Å². The van der Waals surface area contributed by atoms with Gasteiger partial charge in [0.1, 0.15) is 11.2 Å². The number of H-pyrrole nitrogens is 1. The van der Waals surface area contributed by atoms with E-state index in [1.54, 1.807) is 30.5 Å². The summed E-state index contributed by atoms with van der Waals surface area (Å²) in [5, 5.41) is 7.66. The highest BCUT2D eigenvalue weighted by atomic mass is 35.5. The van der Waals surface area contributed by atoms with Crippen LogP contribution < -0.4 is 5.56 Å². The first-order valence-electron chi connectivity index (χ1n) is 5.35. The Morgan fingerprint density at radius 2 is 2.06 bits per heavy atom. The molecule has 3 rings (SSSR count). The van der Waals surface area contributed by atoms with E-state index in [0.717, 1.165) is 5.56 Å². The van der Waals surface area contributed by atoms with Gasteiger partial charge in [0.25, 0.3) is 5.56 Å². The zero-order valence-corrected chi connectivity index (χ0v) is 9.98. The van der Waals surface area contributed by atoms with Crippen LogP contribution in [0.15, 0.2) is 47.4 Å². The van der Waals surface area contributed by atoms with Crippen LogP contribution in [0.25, 0.3) is 22.2 Å². The zero-order valence-electron chi connectivity index (χ0n) is 9.22. The van der Waals surface area contributed by atoms with Gasteiger partial charge in [-0.2, -0.15) is 5.10 Å². The third kappa shape index (κ3) is 1.76. The van der Waals surface area contributed by atoms with Gasteiger partial charge >= 0.3 is 0 Å². The summed E-state index contributed by atoms with van der Waals surface area (Å²) < 4.78 is 0. The molecule has 0 saturated carbocycles. The molecule has 88 valence electrons. The molecule has 0 spiro atoms.